The molecule has 84 valence electrons. The van der Waals surface area contributed by atoms with Crippen LogP contribution in [0, 0.1) is 16.7 Å². The molecular formula is C13H20O2. The summed E-state index contributed by atoms with van der Waals surface area (Å²) in [5.74, 6) is 0.333. The van der Waals surface area contributed by atoms with E-state index in [0.29, 0.717) is 5.41 Å². The Morgan fingerprint density at radius 1 is 1.00 bits per heavy atom. The lowest BCUT2D eigenvalue weighted by Gasteiger charge is -2.71. The van der Waals surface area contributed by atoms with Crippen LogP contribution in [0.25, 0.3) is 0 Å². The summed E-state index contributed by atoms with van der Waals surface area (Å²) in [6.07, 6.45) is 11.3. The standard InChI is InChI=1S/C13H20O2/c14-11(15)13-7-12(8-13,9-13)10-5-3-1-2-4-6-10/h10H,1-9H2,(H,14,15). The zero-order valence-corrected chi connectivity index (χ0v) is 9.30. The van der Waals surface area contributed by atoms with Crippen LogP contribution in [0.4, 0.5) is 0 Å². The molecule has 0 unspecified atom stereocenters. The fraction of sp³-hybridized carbons (Fsp3) is 0.923. The van der Waals surface area contributed by atoms with Gasteiger partial charge in [-0.15, -0.1) is 0 Å². The highest BCUT2D eigenvalue weighted by molar-refractivity contribution is 5.79. The Hall–Kier alpha value is -0.530. The van der Waals surface area contributed by atoms with Crippen LogP contribution in [0.2, 0.25) is 0 Å². The fourth-order valence-electron chi connectivity index (χ4n) is 4.42. The summed E-state index contributed by atoms with van der Waals surface area (Å²) in [6.45, 7) is 0. The maximum Gasteiger partial charge on any atom is 0.309 e. The highest BCUT2D eigenvalue weighted by Gasteiger charge is 2.73. The molecular weight excluding hydrogens is 188 g/mol. The monoisotopic (exact) mass is 208 g/mol. The minimum Gasteiger partial charge on any atom is -0.481 e. The molecule has 0 spiro atoms. The first-order valence-corrected chi connectivity index (χ1v) is 6.40. The first-order chi connectivity index (χ1) is 7.17. The molecule has 0 amide bonds. The molecule has 0 aromatic rings. The van der Waals surface area contributed by atoms with Crippen molar-refractivity contribution in [3.8, 4) is 0 Å². The molecule has 4 aliphatic carbocycles. The van der Waals surface area contributed by atoms with Gasteiger partial charge in [0.25, 0.3) is 0 Å². The second kappa shape index (κ2) is 2.99. The number of carbonyl (C=O) groups is 1. The minimum atomic E-state index is -0.530. The molecule has 0 aliphatic heterocycles. The van der Waals surface area contributed by atoms with Gasteiger partial charge < -0.3 is 5.11 Å². The van der Waals surface area contributed by atoms with E-state index in [9.17, 15) is 4.79 Å². The maximum absolute atomic E-state index is 11.0. The molecule has 2 nitrogen and oxygen atoms in total. The van der Waals surface area contributed by atoms with Gasteiger partial charge in [-0.1, -0.05) is 25.7 Å². The zero-order valence-electron chi connectivity index (χ0n) is 9.30. The molecule has 1 N–H and O–H groups in total. The van der Waals surface area contributed by atoms with Crippen LogP contribution in [0.15, 0.2) is 0 Å². The number of hydrogen-bond acceptors (Lipinski definition) is 1. The van der Waals surface area contributed by atoms with E-state index in [2.05, 4.69) is 0 Å². The van der Waals surface area contributed by atoms with Crippen LogP contribution in [0.1, 0.15) is 57.8 Å². The average Bonchev–Trinajstić information content (AvgIpc) is 2.26. The number of hydrogen-bond donors (Lipinski definition) is 1. The average molecular weight is 208 g/mol. The molecule has 4 saturated carbocycles. The Balaban J connectivity index is 1.64. The quantitative estimate of drug-likeness (QED) is 0.707. The molecule has 0 atom stereocenters. The van der Waals surface area contributed by atoms with E-state index >= 15 is 0 Å². The minimum absolute atomic E-state index is 0.258. The Labute approximate surface area is 91.1 Å². The summed E-state index contributed by atoms with van der Waals surface area (Å²) < 4.78 is 0. The summed E-state index contributed by atoms with van der Waals surface area (Å²) in [5.41, 5.74) is 0.231. The first kappa shape index (κ1) is 9.68. The van der Waals surface area contributed by atoms with Gasteiger partial charge >= 0.3 is 5.97 Å². The van der Waals surface area contributed by atoms with E-state index in [1.165, 1.54) is 38.5 Å². The third-order valence-electron chi connectivity index (χ3n) is 5.25. The number of carboxylic acid groups (broad SMARTS) is 1. The van der Waals surface area contributed by atoms with Gasteiger partial charge in [-0.25, -0.2) is 0 Å². The predicted molar refractivity (Wildman–Crippen MR) is 57.5 cm³/mol. The number of aliphatic carboxylic acids is 1. The van der Waals surface area contributed by atoms with Gasteiger partial charge in [0.1, 0.15) is 0 Å². The van der Waals surface area contributed by atoms with E-state index in [1.807, 2.05) is 0 Å². The lowest BCUT2D eigenvalue weighted by atomic mass is 9.31. The van der Waals surface area contributed by atoms with Gasteiger partial charge in [-0.2, -0.15) is 0 Å². The van der Waals surface area contributed by atoms with Crippen LogP contribution in [-0.4, -0.2) is 11.1 Å². The Morgan fingerprint density at radius 2 is 1.53 bits per heavy atom. The smallest absolute Gasteiger partial charge is 0.309 e. The molecule has 4 fully saturated rings. The van der Waals surface area contributed by atoms with Crippen molar-refractivity contribution >= 4 is 5.97 Å². The van der Waals surface area contributed by atoms with Crippen molar-refractivity contribution in [2.24, 2.45) is 16.7 Å². The van der Waals surface area contributed by atoms with E-state index in [1.54, 1.807) is 0 Å². The van der Waals surface area contributed by atoms with Gasteiger partial charge in [0.15, 0.2) is 0 Å². The van der Waals surface area contributed by atoms with Crippen molar-refractivity contribution in [2.75, 3.05) is 0 Å². The molecule has 15 heavy (non-hydrogen) atoms. The highest BCUT2D eigenvalue weighted by atomic mass is 16.4. The topological polar surface area (TPSA) is 37.3 Å². The summed E-state index contributed by atoms with van der Waals surface area (Å²) in [5, 5.41) is 9.10. The van der Waals surface area contributed by atoms with Gasteiger partial charge in [-0.3, -0.25) is 4.79 Å². The molecule has 0 radical (unpaired) electrons. The van der Waals surface area contributed by atoms with Crippen molar-refractivity contribution < 1.29 is 9.90 Å². The van der Waals surface area contributed by atoms with Crippen molar-refractivity contribution in [3.63, 3.8) is 0 Å². The van der Waals surface area contributed by atoms with Crippen LogP contribution < -0.4 is 0 Å². The summed E-state index contributed by atoms with van der Waals surface area (Å²) in [6, 6.07) is 0. The highest BCUT2D eigenvalue weighted by Crippen LogP contribution is 2.77. The molecule has 2 heteroatoms. The second-order valence-electron chi connectivity index (χ2n) is 6.17. The van der Waals surface area contributed by atoms with Crippen molar-refractivity contribution in [1.82, 2.24) is 0 Å². The van der Waals surface area contributed by atoms with E-state index in [4.69, 9.17) is 5.11 Å². The Kier molecular flexibility index (Phi) is 1.93. The lowest BCUT2D eigenvalue weighted by molar-refractivity contribution is -0.244. The second-order valence-corrected chi connectivity index (χ2v) is 6.17. The largest absolute Gasteiger partial charge is 0.481 e. The van der Waals surface area contributed by atoms with Crippen LogP contribution in [0.3, 0.4) is 0 Å². The lowest BCUT2D eigenvalue weighted by Crippen LogP contribution is -2.68. The van der Waals surface area contributed by atoms with Crippen LogP contribution in [-0.2, 0) is 4.79 Å². The molecule has 2 bridgehead atoms. The van der Waals surface area contributed by atoms with E-state index < -0.39 is 5.97 Å². The molecule has 4 rings (SSSR count). The zero-order chi connectivity index (χ0) is 10.5. The molecule has 0 heterocycles. The normalized spacial score (nSPS) is 45.1. The van der Waals surface area contributed by atoms with Crippen LogP contribution in [0.5, 0.6) is 0 Å². The summed E-state index contributed by atoms with van der Waals surface area (Å²) >= 11 is 0. The first-order valence-electron chi connectivity index (χ1n) is 6.40. The predicted octanol–water partition coefficient (Wildman–Crippen LogP) is 3.21. The SMILES string of the molecule is O=C(O)C12CC(C3CCCCCC3)(C1)C2. The molecule has 0 aromatic carbocycles. The fourth-order valence-corrected chi connectivity index (χ4v) is 4.42. The van der Waals surface area contributed by atoms with Crippen molar-refractivity contribution in [1.29, 1.82) is 0 Å². The Bertz CT molecular complexity index is 267. The summed E-state index contributed by atoms with van der Waals surface area (Å²) in [4.78, 5) is 11.0. The van der Waals surface area contributed by atoms with Crippen molar-refractivity contribution in [2.45, 2.75) is 57.8 Å². The third kappa shape index (κ3) is 1.20. The van der Waals surface area contributed by atoms with Gasteiger partial charge in [0.05, 0.1) is 5.41 Å². The molecule has 0 aromatic heterocycles. The van der Waals surface area contributed by atoms with Gasteiger partial charge in [-0.05, 0) is 43.4 Å². The number of rotatable bonds is 2. The van der Waals surface area contributed by atoms with Crippen molar-refractivity contribution in [3.05, 3.63) is 0 Å². The Morgan fingerprint density at radius 3 is 2.00 bits per heavy atom. The number of carboxylic acids is 1. The molecule has 4 aliphatic rings. The maximum atomic E-state index is 11.0. The van der Waals surface area contributed by atoms with E-state index in [0.717, 1.165) is 25.2 Å². The van der Waals surface area contributed by atoms with Gasteiger partial charge in [0.2, 0.25) is 0 Å². The molecule has 0 saturated heterocycles. The van der Waals surface area contributed by atoms with E-state index in [-0.39, 0.29) is 5.41 Å². The third-order valence-corrected chi connectivity index (χ3v) is 5.25. The van der Waals surface area contributed by atoms with Crippen LogP contribution >= 0.6 is 0 Å². The summed E-state index contributed by atoms with van der Waals surface area (Å²) in [7, 11) is 0. The van der Waals surface area contributed by atoms with Gasteiger partial charge in [0, 0.05) is 0 Å².